The highest BCUT2D eigenvalue weighted by atomic mass is 79.9. The molecule has 1 aromatic rings. The largest absolute Gasteiger partial charge is 0.396 e. The van der Waals surface area contributed by atoms with Crippen molar-refractivity contribution >= 4 is 15.9 Å². The highest BCUT2D eigenvalue weighted by molar-refractivity contribution is 9.10. The lowest BCUT2D eigenvalue weighted by Gasteiger charge is -2.33. The van der Waals surface area contributed by atoms with Crippen molar-refractivity contribution in [3.8, 4) is 0 Å². The van der Waals surface area contributed by atoms with Crippen LogP contribution >= 0.6 is 15.9 Å². The van der Waals surface area contributed by atoms with E-state index in [1.54, 1.807) is 0 Å². The van der Waals surface area contributed by atoms with Gasteiger partial charge in [-0.1, -0.05) is 35.0 Å². The quantitative estimate of drug-likeness (QED) is 0.919. The molecule has 18 heavy (non-hydrogen) atoms. The Morgan fingerprint density at radius 3 is 2.56 bits per heavy atom. The molecule has 2 rings (SSSR count). The van der Waals surface area contributed by atoms with Crippen molar-refractivity contribution in [2.75, 3.05) is 19.7 Å². The third-order valence-electron chi connectivity index (χ3n) is 3.84. The number of aryl methyl sites for hydroxylation is 1. The van der Waals surface area contributed by atoms with E-state index in [1.807, 2.05) is 0 Å². The minimum absolute atomic E-state index is 0.238. The predicted octanol–water partition coefficient (Wildman–Crippen LogP) is 3.52. The summed E-state index contributed by atoms with van der Waals surface area (Å²) in [6, 6.07) is 6.86. The van der Waals surface area contributed by atoms with Gasteiger partial charge < -0.3 is 5.11 Å². The first-order valence-corrected chi connectivity index (χ1v) is 7.53. The summed E-state index contributed by atoms with van der Waals surface area (Å²) in [5.41, 5.74) is 2.58. The third kappa shape index (κ3) is 2.95. The Labute approximate surface area is 118 Å². The molecule has 100 valence electrons. The fourth-order valence-electron chi connectivity index (χ4n) is 2.85. The highest BCUT2D eigenvalue weighted by Gasteiger charge is 2.29. The van der Waals surface area contributed by atoms with Crippen LogP contribution in [0.3, 0.4) is 0 Å². The van der Waals surface area contributed by atoms with Crippen LogP contribution in [-0.4, -0.2) is 29.7 Å². The Bertz CT molecular complexity index is 401. The van der Waals surface area contributed by atoms with Crippen molar-refractivity contribution in [1.29, 1.82) is 0 Å². The maximum absolute atomic E-state index is 9.53. The van der Waals surface area contributed by atoms with Gasteiger partial charge >= 0.3 is 0 Å². The van der Waals surface area contributed by atoms with Crippen LogP contribution in [0.15, 0.2) is 22.7 Å². The summed E-state index contributed by atoms with van der Waals surface area (Å²) in [6.07, 6.45) is 2.55. The van der Waals surface area contributed by atoms with E-state index in [-0.39, 0.29) is 12.5 Å². The van der Waals surface area contributed by atoms with Crippen molar-refractivity contribution in [3.05, 3.63) is 33.8 Å². The summed E-state index contributed by atoms with van der Waals surface area (Å²) in [4.78, 5) is 2.51. The van der Waals surface area contributed by atoms with Crippen molar-refractivity contribution in [2.24, 2.45) is 5.92 Å². The first-order chi connectivity index (χ1) is 8.63. The van der Waals surface area contributed by atoms with E-state index in [2.05, 4.69) is 52.9 Å². The molecule has 0 aromatic heterocycles. The summed E-state index contributed by atoms with van der Waals surface area (Å²) >= 11 is 3.68. The predicted molar refractivity (Wildman–Crippen MR) is 78.7 cm³/mol. The highest BCUT2D eigenvalue weighted by Crippen LogP contribution is 2.35. The van der Waals surface area contributed by atoms with E-state index in [4.69, 9.17) is 0 Å². The molecule has 2 unspecified atom stereocenters. The maximum Gasteiger partial charge on any atom is 0.0474 e. The van der Waals surface area contributed by atoms with Gasteiger partial charge in [0.05, 0.1) is 0 Å². The summed E-state index contributed by atoms with van der Waals surface area (Å²) in [5, 5.41) is 9.53. The van der Waals surface area contributed by atoms with E-state index in [1.165, 1.54) is 28.4 Å². The second-order valence-corrected chi connectivity index (χ2v) is 6.23. The van der Waals surface area contributed by atoms with Gasteiger partial charge in [0.15, 0.2) is 0 Å². The first kappa shape index (κ1) is 14.0. The molecule has 0 radical (unpaired) electrons. The summed E-state index contributed by atoms with van der Waals surface area (Å²) in [5.74, 6) is 0.266. The van der Waals surface area contributed by atoms with Gasteiger partial charge in [-0.15, -0.1) is 0 Å². The number of rotatable bonds is 4. The smallest absolute Gasteiger partial charge is 0.0474 e. The molecule has 2 atom stereocenters. The Hall–Kier alpha value is -0.380. The average molecular weight is 312 g/mol. The average Bonchev–Trinajstić information content (AvgIpc) is 2.85. The van der Waals surface area contributed by atoms with Crippen LogP contribution in [0.1, 0.15) is 36.9 Å². The van der Waals surface area contributed by atoms with Crippen molar-refractivity contribution in [1.82, 2.24) is 4.90 Å². The first-order valence-electron chi connectivity index (χ1n) is 6.74. The van der Waals surface area contributed by atoms with Crippen LogP contribution < -0.4 is 0 Å². The fourth-order valence-corrected chi connectivity index (χ4v) is 3.58. The monoisotopic (exact) mass is 311 g/mol. The number of hydrogen-bond donors (Lipinski definition) is 1. The lowest BCUT2D eigenvalue weighted by Crippen LogP contribution is -2.32. The maximum atomic E-state index is 9.53. The van der Waals surface area contributed by atoms with Gasteiger partial charge in [0, 0.05) is 17.1 Å². The van der Waals surface area contributed by atoms with Crippen molar-refractivity contribution in [3.63, 3.8) is 0 Å². The molecule has 1 fully saturated rings. The number of benzene rings is 1. The van der Waals surface area contributed by atoms with E-state index < -0.39 is 0 Å². The second-order valence-electron chi connectivity index (χ2n) is 5.37. The molecule has 0 aliphatic carbocycles. The molecular formula is C15H22BrNO. The van der Waals surface area contributed by atoms with Gasteiger partial charge in [0.2, 0.25) is 0 Å². The van der Waals surface area contributed by atoms with Crippen molar-refractivity contribution < 1.29 is 5.11 Å². The number of halogens is 1. The third-order valence-corrected chi connectivity index (χ3v) is 4.52. The minimum Gasteiger partial charge on any atom is -0.396 e. The number of aliphatic hydroxyl groups excluding tert-OH is 1. The van der Waals surface area contributed by atoms with E-state index in [0.29, 0.717) is 6.04 Å². The summed E-state index contributed by atoms with van der Waals surface area (Å²) in [7, 11) is 0. The molecular weight excluding hydrogens is 290 g/mol. The molecule has 0 spiro atoms. The van der Waals surface area contributed by atoms with E-state index in [9.17, 15) is 5.11 Å². The van der Waals surface area contributed by atoms with Crippen LogP contribution in [0.25, 0.3) is 0 Å². The normalized spacial score (nSPS) is 20.0. The zero-order valence-corrected chi connectivity index (χ0v) is 12.8. The second kappa shape index (κ2) is 6.18. The molecule has 3 heteroatoms. The van der Waals surface area contributed by atoms with Gasteiger partial charge in [0.25, 0.3) is 0 Å². The van der Waals surface area contributed by atoms with Gasteiger partial charge in [-0.05, 0) is 56.0 Å². The van der Waals surface area contributed by atoms with Crippen LogP contribution in [-0.2, 0) is 0 Å². The van der Waals surface area contributed by atoms with Gasteiger partial charge in [0.1, 0.15) is 0 Å². The Morgan fingerprint density at radius 1 is 1.33 bits per heavy atom. The zero-order chi connectivity index (χ0) is 13.1. The molecule has 1 aliphatic rings. The molecule has 1 N–H and O–H groups in total. The van der Waals surface area contributed by atoms with E-state index in [0.717, 1.165) is 13.1 Å². The Balaban J connectivity index is 2.32. The Kier molecular flexibility index (Phi) is 4.82. The molecule has 0 saturated carbocycles. The van der Waals surface area contributed by atoms with Gasteiger partial charge in [-0.3, -0.25) is 4.90 Å². The van der Waals surface area contributed by atoms with Gasteiger partial charge in [-0.2, -0.15) is 0 Å². The van der Waals surface area contributed by atoms with Crippen LogP contribution in [0, 0.1) is 12.8 Å². The topological polar surface area (TPSA) is 23.5 Å². The minimum atomic E-state index is 0.238. The number of likely N-dealkylation sites (tertiary alicyclic amines) is 1. The van der Waals surface area contributed by atoms with Crippen molar-refractivity contribution in [2.45, 2.75) is 32.7 Å². The standard InChI is InChI=1S/C15H22BrNO/c1-11-5-6-13(14(16)9-11)15(12(2)10-18)17-7-3-4-8-17/h5-6,9,12,15,18H,3-4,7-8,10H2,1-2H3. The van der Waals surface area contributed by atoms with E-state index >= 15 is 0 Å². The van der Waals surface area contributed by atoms with Gasteiger partial charge in [-0.25, -0.2) is 0 Å². The number of nitrogens with zero attached hydrogens (tertiary/aromatic N) is 1. The zero-order valence-electron chi connectivity index (χ0n) is 11.2. The SMILES string of the molecule is Cc1ccc(C(C(C)CO)N2CCCC2)c(Br)c1. The molecule has 1 heterocycles. The lowest BCUT2D eigenvalue weighted by atomic mass is 9.93. The summed E-state index contributed by atoms with van der Waals surface area (Å²) < 4.78 is 1.17. The number of aliphatic hydroxyl groups is 1. The molecule has 1 aliphatic heterocycles. The van der Waals surface area contributed by atoms with Crippen LogP contribution in [0.5, 0.6) is 0 Å². The fraction of sp³-hybridized carbons (Fsp3) is 0.600. The number of hydrogen-bond acceptors (Lipinski definition) is 2. The molecule has 1 aromatic carbocycles. The Morgan fingerprint density at radius 2 is 2.00 bits per heavy atom. The molecule has 0 bridgehead atoms. The lowest BCUT2D eigenvalue weighted by molar-refractivity contribution is 0.125. The van der Waals surface area contributed by atoms with Crippen LogP contribution in [0.4, 0.5) is 0 Å². The summed E-state index contributed by atoms with van der Waals surface area (Å²) in [6.45, 7) is 6.77. The molecule has 2 nitrogen and oxygen atoms in total. The van der Waals surface area contributed by atoms with Crippen LogP contribution in [0.2, 0.25) is 0 Å². The molecule has 1 saturated heterocycles. The molecule has 0 amide bonds.